The summed E-state index contributed by atoms with van der Waals surface area (Å²) in [5.41, 5.74) is 2.18. The Bertz CT molecular complexity index is 799. The predicted octanol–water partition coefficient (Wildman–Crippen LogP) is 1.79. The largest absolute Gasteiger partial charge is 0.339 e. The van der Waals surface area contributed by atoms with Crippen molar-refractivity contribution in [3.05, 3.63) is 29.8 Å². The summed E-state index contributed by atoms with van der Waals surface area (Å²) < 4.78 is 1.66. The van der Waals surface area contributed by atoms with Gasteiger partial charge in [0.2, 0.25) is 17.0 Å². The van der Waals surface area contributed by atoms with E-state index in [1.165, 1.54) is 30.2 Å². The van der Waals surface area contributed by atoms with Crippen LogP contribution in [-0.2, 0) is 16.0 Å². The van der Waals surface area contributed by atoms with Crippen LogP contribution in [-0.4, -0.2) is 73.8 Å². The summed E-state index contributed by atoms with van der Waals surface area (Å²) in [7, 11) is 0. The van der Waals surface area contributed by atoms with Gasteiger partial charge in [-0.05, 0) is 41.0 Å². The smallest absolute Gasteiger partial charge is 0.233 e. The summed E-state index contributed by atoms with van der Waals surface area (Å²) in [5, 5.41) is 12.5. The molecule has 1 fully saturated rings. The molecule has 1 aromatic carbocycles. The number of aromatic nitrogens is 4. The standard InChI is InChI=1S/C19H26N6O2S/c1-3-4-5-16-6-8-17(9-7-16)25-19(20-21-22-25)28-14-18(27)24-12-10-23(11-13-24)15(2)26/h6-9H,3-5,10-14H2,1-2H3. The summed E-state index contributed by atoms with van der Waals surface area (Å²) in [6, 6.07) is 8.21. The van der Waals surface area contributed by atoms with Crippen LogP contribution in [0.1, 0.15) is 32.3 Å². The second-order valence-corrected chi connectivity index (χ2v) is 7.76. The summed E-state index contributed by atoms with van der Waals surface area (Å²) in [6.07, 6.45) is 3.42. The highest BCUT2D eigenvalue weighted by Gasteiger charge is 2.23. The highest BCUT2D eigenvalue weighted by atomic mass is 32.2. The van der Waals surface area contributed by atoms with Crippen molar-refractivity contribution in [1.82, 2.24) is 30.0 Å². The second-order valence-electron chi connectivity index (χ2n) is 6.82. The van der Waals surface area contributed by atoms with Crippen molar-refractivity contribution in [1.29, 1.82) is 0 Å². The zero-order valence-electron chi connectivity index (χ0n) is 16.4. The van der Waals surface area contributed by atoms with Crippen molar-refractivity contribution in [2.75, 3.05) is 31.9 Å². The molecule has 1 aliphatic heterocycles. The minimum Gasteiger partial charge on any atom is -0.339 e. The van der Waals surface area contributed by atoms with Crippen LogP contribution in [0, 0.1) is 0 Å². The molecule has 0 saturated carbocycles. The summed E-state index contributed by atoms with van der Waals surface area (Å²) >= 11 is 1.33. The topological polar surface area (TPSA) is 84.2 Å². The molecule has 0 bridgehead atoms. The first-order chi connectivity index (χ1) is 13.6. The maximum absolute atomic E-state index is 12.5. The zero-order chi connectivity index (χ0) is 19.9. The Morgan fingerprint density at radius 1 is 1.07 bits per heavy atom. The van der Waals surface area contributed by atoms with Gasteiger partial charge < -0.3 is 9.80 Å². The minimum absolute atomic E-state index is 0.0395. The fourth-order valence-electron chi connectivity index (χ4n) is 3.10. The zero-order valence-corrected chi connectivity index (χ0v) is 17.2. The number of piperazine rings is 1. The van der Waals surface area contributed by atoms with Gasteiger partial charge in [-0.2, -0.15) is 4.68 Å². The molecular formula is C19H26N6O2S. The number of rotatable bonds is 7. The number of nitrogens with zero attached hydrogens (tertiary/aromatic N) is 6. The monoisotopic (exact) mass is 402 g/mol. The van der Waals surface area contributed by atoms with Crippen LogP contribution in [0.4, 0.5) is 0 Å². The molecule has 8 nitrogen and oxygen atoms in total. The van der Waals surface area contributed by atoms with Gasteiger partial charge in [-0.3, -0.25) is 9.59 Å². The second kappa shape index (κ2) is 9.68. The van der Waals surface area contributed by atoms with Crippen molar-refractivity contribution >= 4 is 23.6 Å². The number of benzene rings is 1. The molecule has 2 amide bonds. The Morgan fingerprint density at radius 2 is 1.75 bits per heavy atom. The lowest BCUT2D eigenvalue weighted by Crippen LogP contribution is -2.50. The number of thioether (sulfide) groups is 1. The van der Waals surface area contributed by atoms with Crippen LogP contribution >= 0.6 is 11.8 Å². The molecule has 0 atom stereocenters. The Kier molecular flexibility index (Phi) is 7.02. The van der Waals surface area contributed by atoms with Crippen LogP contribution in [0.25, 0.3) is 5.69 Å². The molecule has 0 spiro atoms. The SMILES string of the molecule is CCCCc1ccc(-n2nnnc2SCC(=O)N2CCN(C(C)=O)CC2)cc1. The molecular weight excluding hydrogens is 376 g/mol. The fourth-order valence-corrected chi connectivity index (χ4v) is 3.90. The number of hydrogen-bond donors (Lipinski definition) is 0. The first kappa shape index (κ1) is 20.3. The van der Waals surface area contributed by atoms with Crippen LogP contribution in [0.3, 0.4) is 0 Å². The first-order valence-electron chi connectivity index (χ1n) is 9.62. The average Bonchev–Trinajstić information content (AvgIpc) is 3.19. The van der Waals surface area contributed by atoms with E-state index in [-0.39, 0.29) is 17.6 Å². The number of tetrazole rings is 1. The van der Waals surface area contributed by atoms with E-state index >= 15 is 0 Å². The Labute approximate surface area is 169 Å². The van der Waals surface area contributed by atoms with Gasteiger partial charge in [-0.15, -0.1) is 5.10 Å². The third kappa shape index (κ3) is 5.09. The molecule has 150 valence electrons. The van der Waals surface area contributed by atoms with E-state index < -0.39 is 0 Å². The Hall–Kier alpha value is -2.42. The predicted molar refractivity (Wildman–Crippen MR) is 107 cm³/mol. The van der Waals surface area contributed by atoms with Crippen molar-refractivity contribution in [2.24, 2.45) is 0 Å². The highest BCUT2D eigenvalue weighted by Crippen LogP contribution is 2.20. The molecule has 1 aromatic heterocycles. The normalized spacial score (nSPS) is 14.4. The number of carbonyl (C=O) groups excluding carboxylic acids is 2. The van der Waals surface area contributed by atoms with Crippen LogP contribution in [0.15, 0.2) is 29.4 Å². The van der Waals surface area contributed by atoms with Gasteiger partial charge in [0.1, 0.15) is 0 Å². The molecule has 1 aliphatic rings. The minimum atomic E-state index is 0.0395. The van der Waals surface area contributed by atoms with Crippen LogP contribution < -0.4 is 0 Å². The summed E-state index contributed by atoms with van der Waals surface area (Å²) in [6.45, 7) is 6.07. The lowest BCUT2D eigenvalue weighted by Gasteiger charge is -2.34. The molecule has 0 radical (unpaired) electrons. The van der Waals surface area contributed by atoms with Crippen molar-refractivity contribution in [3.8, 4) is 5.69 Å². The van der Waals surface area contributed by atoms with Crippen molar-refractivity contribution < 1.29 is 9.59 Å². The molecule has 3 rings (SSSR count). The van der Waals surface area contributed by atoms with Gasteiger partial charge in [0.15, 0.2) is 0 Å². The highest BCUT2D eigenvalue weighted by molar-refractivity contribution is 7.99. The third-order valence-corrected chi connectivity index (χ3v) is 5.75. The lowest BCUT2D eigenvalue weighted by molar-refractivity contribution is -0.136. The molecule has 2 aromatic rings. The van der Waals surface area contributed by atoms with Gasteiger partial charge in [0.25, 0.3) is 0 Å². The average molecular weight is 403 g/mol. The quantitative estimate of drug-likeness (QED) is 0.657. The van der Waals surface area contributed by atoms with Crippen LogP contribution in [0.5, 0.6) is 0 Å². The van der Waals surface area contributed by atoms with E-state index in [0.717, 1.165) is 12.1 Å². The van der Waals surface area contributed by atoms with E-state index in [9.17, 15) is 9.59 Å². The third-order valence-electron chi connectivity index (χ3n) is 4.84. The summed E-state index contributed by atoms with van der Waals surface area (Å²) in [4.78, 5) is 27.4. The van der Waals surface area contributed by atoms with Gasteiger partial charge in [0.05, 0.1) is 11.4 Å². The Morgan fingerprint density at radius 3 is 2.39 bits per heavy atom. The van der Waals surface area contributed by atoms with Crippen molar-refractivity contribution in [2.45, 2.75) is 38.3 Å². The van der Waals surface area contributed by atoms with Gasteiger partial charge >= 0.3 is 0 Å². The number of aryl methyl sites for hydroxylation is 1. The van der Waals surface area contributed by atoms with E-state index in [0.29, 0.717) is 31.3 Å². The molecule has 1 saturated heterocycles. The number of amides is 2. The maximum atomic E-state index is 12.5. The van der Waals surface area contributed by atoms with E-state index in [1.54, 1.807) is 21.4 Å². The van der Waals surface area contributed by atoms with Gasteiger partial charge in [-0.25, -0.2) is 0 Å². The van der Waals surface area contributed by atoms with Gasteiger partial charge in [0, 0.05) is 33.1 Å². The van der Waals surface area contributed by atoms with E-state index in [4.69, 9.17) is 0 Å². The maximum Gasteiger partial charge on any atom is 0.233 e. The summed E-state index contributed by atoms with van der Waals surface area (Å²) in [5.74, 6) is 0.369. The van der Waals surface area contributed by atoms with E-state index in [2.05, 4.69) is 34.6 Å². The number of hydrogen-bond acceptors (Lipinski definition) is 6. The number of unbranched alkanes of at least 4 members (excludes halogenated alkanes) is 1. The van der Waals surface area contributed by atoms with Crippen LogP contribution in [0.2, 0.25) is 0 Å². The Balaban J connectivity index is 1.56. The van der Waals surface area contributed by atoms with E-state index in [1.807, 2.05) is 12.1 Å². The molecule has 9 heteroatoms. The fraction of sp³-hybridized carbons (Fsp3) is 0.526. The first-order valence-corrected chi connectivity index (χ1v) is 10.6. The molecule has 28 heavy (non-hydrogen) atoms. The molecule has 2 heterocycles. The molecule has 0 N–H and O–H groups in total. The number of carbonyl (C=O) groups is 2. The lowest BCUT2D eigenvalue weighted by atomic mass is 10.1. The van der Waals surface area contributed by atoms with Gasteiger partial charge in [-0.1, -0.05) is 37.2 Å². The van der Waals surface area contributed by atoms with Crippen molar-refractivity contribution in [3.63, 3.8) is 0 Å². The molecule has 0 unspecified atom stereocenters. The molecule has 0 aliphatic carbocycles.